The third kappa shape index (κ3) is 8.54. The number of amides is 1. The number of anilines is 2. The second-order valence-corrected chi connectivity index (χ2v) is 9.42. The topological polar surface area (TPSA) is 145 Å². The lowest BCUT2D eigenvalue weighted by atomic mass is 10.2. The van der Waals surface area contributed by atoms with Crippen LogP contribution in [0, 0.1) is 0 Å². The number of rotatable bonds is 12. The van der Waals surface area contributed by atoms with Crippen LogP contribution in [0.3, 0.4) is 0 Å². The van der Waals surface area contributed by atoms with E-state index in [9.17, 15) is 4.79 Å². The van der Waals surface area contributed by atoms with Crippen LogP contribution in [0.1, 0.15) is 33.6 Å². The Morgan fingerprint density at radius 3 is 2.42 bits per heavy atom. The SMILES string of the molecule is COc1cc2nc(NCCCCNC(=O)OC(C)(C)C)c(NN)nc2cc1OCCN1CCOCC1. The number of nitrogen functional groups attached to an aromatic ring is 1. The molecular weight excluding hydrogens is 466 g/mol. The number of benzene rings is 1. The van der Waals surface area contributed by atoms with Crippen molar-refractivity contribution < 1.29 is 23.7 Å². The molecule has 0 spiro atoms. The average Bonchev–Trinajstić information content (AvgIpc) is 2.84. The van der Waals surface area contributed by atoms with Crippen LogP contribution >= 0.6 is 0 Å². The third-order valence-corrected chi connectivity index (χ3v) is 5.42. The minimum absolute atomic E-state index is 0.413. The Morgan fingerprint density at radius 1 is 1.08 bits per heavy atom. The summed E-state index contributed by atoms with van der Waals surface area (Å²) in [6.07, 6.45) is 1.17. The fraction of sp³-hybridized carbons (Fsp3) is 0.625. The summed E-state index contributed by atoms with van der Waals surface area (Å²) in [5.41, 5.74) is 3.39. The summed E-state index contributed by atoms with van der Waals surface area (Å²) in [6, 6.07) is 3.62. The van der Waals surface area contributed by atoms with Gasteiger partial charge in [-0.15, -0.1) is 0 Å². The minimum Gasteiger partial charge on any atom is -0.493 e. The largest absolute Gasteiger partial charge is 0.493 e. The van der Waals surface area contributed by atoms with Crippen LogP contribution in [-0.2, 0) is 9.47 Å². The van der Waals surface area contributed by atoms with Crippen LogP contribution in [0.4, 0.5) is 16.4 Å². The lowest BCUT2D eigenvalue weighted by Gasteiger charge is -2.26. The Kier molecular flexibility index (Phi) is 10.1. The second-order valence-electron chi connectivity index (χ2n) is 9.42. The Morgan fingerprint density at radius 2 is 1.75 bits per heavy atom. The maximum Gasteiger partial charge on any atom is 0.407 e. The Labute approximate surface area is 212 Å². The zero-order valence-electron chi connectivity index (χ0n) is 21.7. The molecule has 12 heteroatoms. The molecule has 0 bridgehead atoms. The van der Waals surface area contributed by atoms with Crippen LogP contribution in [0.5, 0.6) is 11.5 Å². The first kappa shape index (κ1) is 27.5. The fourth-order valence-corrected chi connectivity index (χ4v) is 3.63. The van der Waals surface area contributed by atoms with Crippen molar-refractivity contribution in [3.05, 3.63) is 12.1 Å². The number of nitrogens with one attached hydrogen (secondary N) is 3. The number of hydrogen-bond donors (Lipinski definition) is 4. The predicted molar refractivity (Wildman–Crippen MR) is 139 cm³/mol. The van der Waals surface area contributed by atoms with Gasteiger partial charge in [0.25, 0.3) is 0 Å². The first-order valence-electron chi connectivity index (χ1n) is 12.3. The quantitative estimate of drug-likeness (QED) is 0.192. The normalized spacial score (nSPS) is 14.4. The van der Waals surface area contributed by atoms with Crippen LogP contribution in [0.15, 0.2) is 12.1 Å². The molecule has 0 atom stereocenters. The van der Waals surface area contributed by atoms with E-state index in [-0.39, 0.29) is 0 Å². The molecule has 1 saturated heterocycles. The number of morpholine rings is 1. The maximum atomic E-state index is 11.7. The number of methoxy groups -OCH3 is 1. The molecule has 200 valence electrons. The lowest BCUT2D eigenvalue weighted by molar-refractivity contribution is 0.0321. The number of nitrogens with zero attached hydrogens (tertiary/aromatic N) is 3. The van der Waals surface area contributed by atoms with Crippen LogP contribution in [-0.4, -0.2) is 86.2 Å². The van der Waals surface area contributed by atoms with Gasteiger partial charge in [-0.25, -0.2) is 20.6 Å². The van der Waals surface area contributed by atoms with Crippen molar-refractivity contribution in [2.24, 2.45) is 5.84 Å². The number of aromatic nitrogens is 2. The van der Waals surface area contributed by atoms with Gasteiger partial charge < -0.3 is 35.0 Å². The lowest BCUT2D eigenvalue weighted by Crippen LogP contribution is -2.38. The highest BCUT2D eigenvalue weighted by molar-refractivity contribution is 5.83. The van der Waals surface area contributed by atoms with Gasteiger partial charge in [0.1, 0.15) is 12.2 Å². The van der Waals surface area contributed by atoms with Gasteiger partial charge in [-0.2, -0.15) is 0 Å². The van der Waals surface area contributed by atoms with Gasteiger partial charge in [-0.3, -0.25) is 4.90 Å². The van der Waals surface area contributed by atoms with E-state index >= 15 is 0 Å². The molecule has 0 saturated carbocycles. The zero-order chi connectivity index (χ0) is 26.0. The molecule has 0 aliphatic carbocycles. The number of unbranched alkanes of at least 4 members (excludes halogenated alkanes) is 1. The van der Waals surface area contributed by atoms with Gasteiger partial charge in [0, 0.05) is 44.9 Å². The van der Waals surface area contributed by atoms with E-state index in [0.29, 0.717) is 53.9 Å². The number of ether oxygens (including phenoxy) is 4. The Bertz CT molecular complexity index is 993. The summed E-state index contributed by atoms with van der Waals surface area (Å²) in [6.45, 7) is 11.3. The van der Waals surface area contributed by atoms with Gasteiger partial charge in [0.15, 0.2) is 23.1 Å². The summed E-state index contributed by atoms with van der Waals surface area (Å²) in [4.78, 5) is 23.3. The summed E-state index contributed by atoms with van der Waals surface area (Å²) in [7, 11) is 1.60. The van der Waals surface area contributed by atoms with E-state index in [4.69, 9.17) is 24.8 Å². The number of carbonyl (C=O) groups is 1. The first-order valence-corrected chi connectivity index (χ1v) is 12.3. The Hall–Kier alpha value is -3.09. The van der Waals surface area contributed by atoms with Crippen molar-refractivity contribution in [2.75, 3.05) is 70.4 Å². The number of nitrogens with two attached hydrogens (primary N) is 1. The van der Waals surface area contributed by atoms with Gasteiger partial charge in [0.05, 0.1) is 31.4 Å². The number of alkyl carbamates (subject to hydrolysis) is 1. The number of carbonyl (C=O) groups excluding carboxylic acids is 1. The summed E-state index contributed by atoms with van der Waals surface area (Å²) in [5, 5.41) is 6.01. The van der Waals surface area contributed by atoms with Crippen LogP contribution in [0.25, 0.3) is 11.0 Å². The molecule has 2 aromatic rings. The molecule has 3 rings (SSSR count). The first-order chi connectivity index (χ1) is 17.3. The summed E-state index contributed by atoms with van der Waals surface area (Å²) in [5.74, 6) is 7.87. The monoisotopic (exact) mass is 505 g/mol. The van der Waals surface area contributed by atoms with Crippen molar-refractivity contribution in [1.82, 2.24) is 20.2 Å². The van der Waals surface area contributed by atoms with Crippen LogP contribution in [0.2, 0.25) is 0 Å². The smallest absolute Gasteiger partial charge is 0.407 e. The standard InChI is InChI=1S/C24H39N7O5/c1-24(2,3)36-23(32)27-8-6-5-7-26-21-22(30-25)29-18-16-20(19(33-4)15-17(18)28-21)35-14-11-31-9-12-34-13-10-31/h15-16H,5-14,25H2,1-4H3,(H,26,28)(H,27,32)(H,29,30). The number of hydrazine groups is 1. The van der Waals surface area contributed by atoms with E-state index in [2.05, 4.69) is 30.9 Å². The maximum absolute atomic E-state index is 11.7. The molecule has 2 heterocycles. The molecule has 1 aromatic heterocycles. The molecule has 1 aliphatic heterocycles. The molecule has 1 aliphatic rings. The molecule has 12 nitrogen and oxygen atoms in total. The predicted octanol–water partition coefficient (Wildman–Crippen LogP) is 2.35. The summed E-state index contributed by atoms with van der Waals surface area (Å²) < 4.78 is 22.2. The van der Waals surface area contributed by atoms with Gasteiger partial charge in [-0.1, -0.05) is 0 Å². The Balaban J connectivity index is 1.55. The summed E-state index contributed by atoms with van der Waals surface area (Å²) >= 11 is 0. The molecule has 5 N–H and O–H groups in total. The van der Waals surface area contributed by atoms with Gasteiger partial charge >= 0.3 is 6.09 Å². The van der Waals surface area contributed by atoms with E-state index in [1.54, 1.807) is 7.11 Å². The van der Waals surface area contributed by atoms with Crippen molar-refractivity contribution in [1.29, 1.82) is 0 Å². The molecule has 1 fully saturated rings. The fourth-order valence-electron chi connectivity index (χ4n) is 3.63. The van der Waals surface area contributed by atoms with E-state index in [0.717, 1.165) is 45.7 Å². The van der Waals surface area contributed by atoms with Crippen LogP contribution < -0.4 is 31.4 Å². The van der Waals surface area contributed by atoms with Crippen molar-refractivity contribution in [3.63, 3.8) is 0 Å². The van der Waals surface area contributed by atoms with Crippen molar-refractivity contribution in [3.8, 4) is 11.5 Å². The number of fused-ring (bicyclic) bond motifs is 1. The van der Waals surface area contributed by atoms with E-state index < -0.39 is 11.7 Å². The number of hydrogen-bond acceptors (Lipinski definition) is 11. The van der Waals surface area contributed by atoms with E-state index in [1.807, 2.05) is 32.9 Å². The second kappa shape index (κ2) is 13.3. The highest BCUT2D eigenvalue weighted by atomic mass is 16.6. The highest BCUT2D eigenvalue weighted by Crippen LogP contribution is 2.33. The van der Waals surface area contributed by atoms with Crippen molar-refractivity contribution in [2.45, 2.75) is 39.2 Å². The third-order valence-electron chi connectivity index (χ3n) is 5.42. The molecule has 36 heavy (non-hydrogen) atoms. The van der Waals surface area contributed by atoms with Gasteiger partial charge in [0.2, 0.25) is 0 Å². The molecule has 1 aromatic carbocycles. The molecule has 0 unspecified atom stereocenters. The highest BCUT2D eigenvalue weighted by Gasteiger charge is 2.16. The molecule has 1 amide bonds. The average molecular weight is 506 g/mol. The van der Waals surface area contributed by atoms with E-state index in [1.165, 1.54) is 0 Å². The molecular formula is C24H39N7O5. The van der Waals surface area contributed by atoms with Gasteiger partial charge in [-0.05, 0) is 33.6 Å². The molecule has 0 radical (unpaired) electrons. The zero-order valence-corrected chi connectivity index (χ0v) is 21.7. The van der Waals surface area contributed by atoms with Crippen molar-refractivity contribution >= 4 is 28.8 Å². The minimum atomic E-state index is -0.509.